The van der Waals surface area contributed by atoms with Crippen LogP contribution in [0.3, 0.4) is 0 Å². The quantitative estimate of drug-likeness (QED) is 0.787. The van der Waals surface area contributed by atoms with E-state index in [-0.39, 0.29) is 24.9 Å². The van der Waals surface area contributed by atoms with Crippen molar-refractivity contribution in [2.45, 2.75) is 6.04 Å². The molecule has 0 fully saturated rings. The van der Waals surface area contributed by atoms with Crippen LogP contribution in [-0.4, -0.2) is 64.0 Å². The molecular weight excluding hydrogens is 309 g/mol. The van der Waals surface area contributed by atoms with E-state index in [0.717, 1.165) is 16.1 Å². The van der Waals surface area contributed by atoms with E-state index >= 15 is 0 Å². The molecule has 0 radical (unpaired) electrons. The Balaban J connectivity index is 2.68. The number of rotatable bonds is 7. The largest absolute Gasteiger partial charge is 0.353 e. The Morgan fingerprint density at radius 3 is 2.45 bits per heavy atom. The average Bonchev–Trinajstić information content (AvgIpc) is 2.37. The Labute approximate surface area is 131 Å². The minimum absolute atomic E-state index is 0.205. The minimum atomic E-state index is -3.40. The number of nitrogens with zero attached hydrogens (tertiary/aromatic N) is 2. The van der Waals surface area contributed by atoms with Gasteiger partial charge in [-0.3, -0.25) is 4.79 Å². The molecule has 0 saturated heterocycles. The first-order valence-corrected chi connectivity index (χ1v) is 8.56. The van der Waals surface area contributed by atoms with Crippen LogP contribution in [0.15, 0.2) is 24.3 Å². The lowest BCUT2D eigenvalue weighted by molar-refractivity contribution is -0.121. The predicted octanol–water partition coefficient (Wildman–Crippen LogP) is 0.436. The summed E-state index contributed by atoms with van der Waals surface area (Å²) in [4.78, 5) is 13.7. The topological polar surface area (TPSA) is 69.7 Å². The lowest BCUT2D eigenvalue weighted by Gasteiger charge is -2.25. The van der Waals surface area contributed by atoms with Gasteiger partial charge in [0.15, 0.2) is 0 Å². The van der Waals surface area contributed by atoms with E-state index < -0.39 is 15.9 Å². The molecule has 1 aromatic carbocycles. The first-order chi connectivity index (χ1) is 10.1. The number of halogens is 1. The molecule has 8 heteroatoms. The number of hydrogen-bond donors (Lipinski definition) is 1. The summed E-state index contributed by atoms with van der Waals surface area (Å²) in [7, 11) is 1.59. The van der Waals surface area contributed by atoms with Gasteiger partial charge >= 0.3 is 0 Å². The van der Waals surface area contributed by atoms with Crippen LogP contribution in [0.1, 0.15) is 11.6 Å². The lowest BCUT2D eigenvalue weighted by atomic mass is 10.1. The molecule has 0 heterocycles. The molecule has 1 atom stereocenters. The molecule has 0 aliphatic rings. The highest BCUT2D eigenvalue weighted by Crippen LogP contribution is 2.18. The van der Waals surface area contributed by atoms with Crippen molar-refractivity contribution in [3.63, 3.8) is 0 Å². The Morgan fingerprint density at radius 2 is 1.95 bits per heavy atom. The van der Waals surface area contributed by atoms with E-state index in [1.807, 2.05) is 19.0 Å². The fourth-order valence-electron chi connectivity index (χ4n) is 1.90. The zero-order chi connectivity index (χ0) is 16.9. The van der Waals surface area contributed by atoms with Crippen molar-refractivity contribution in [3.8, 4) is 0 Å². The van der Waals surface area contributed by atoms with Crippen LogP contribution >= 0.6 is 0 Å². The number of amides is 1. The van der Waals surface area contributed by atoms with Gasteiger partial charge in [0.1, 0.15) is 5.82 Å². The molecule has 0 aliphatic carbocycles. The fraction of sp³-hybridized carbons (Fsp3) is 0.500. The van der Waals surface area contributed by atoms with E-state index in [4.69, 9.17) is 0 Å². The Bertz CT molecular complexity index is 620. The van der Waals surface area contributed by atoms with Crippen LogP contribution in [0.4, 0.5) is 4.39 Å². The standard InChI is InChI=1S/C14H22FN3O3S/c1-17(2)13(11-6-5-7-12(15)8-11)9-16-14(19)10-18(3)22(4,20)21/h5-8,13H,9-10H2,1-4H3,(H,16,19)/t13-/m1/s1. The van der Waals surface area contributed by atoms with Gasteiger partial charge in [0.2, 0.25) is 15.9 Å². The Hall–Kier alpha value is -1.51. The monoisotopic (exact) mass is 331 g/mol. The molecule has 0 aliphatic heterocycles. The third kappa shape index (κ3) is 5.70. The van der Waals surface area contributed by atoms with Gasteiger partial charge in [0, 0.05) is 13.6 Å². The molecule has 6 nitrogen and oxygen atoms in total. The molecule has 0 spiro atoms. The van der Waals surface area contributed by atoms with Crippen molar-refractivity contribution in [2.75, 3.05) is 40.5 Å². The molecule has 1 amide bonds. The summed E-state index contributed by atoms with van der Waals surface area (Å²) in [5.74, 6) is -0.747. The number of carbonyl (C=O) groups is 1. The van der Waals surface area contributed by atoms with Crippen LogP contribution in [0.5, 0.6) is 0 Å². The van der Waals surface area contributed by atoms with Crippen LogP contribution < -0.4 is 5.32 Å². The maximum Gasteiger partial charge on any atom is 0.235 e. The van der Waals surface area contributed by atoms with Crippen molar-refractivity contribution in [3.05, 3.63) is 35.6 Å². The number of nitrogens with one attached hydrogen (secondary N) is 1. The van der Waals surface area contributed by atoms with Gasteiger partial charge in [-0.25, -0.2) is 12.8 Å². The second-order valence-corrected chi connectivity index (χ2v) is 7.45. The first kappa shape index (κ1) is 18.5. The summed E-state index contributed by atoms with van der Waals surface area (Å²) in [5, 5.41) is 2.68. The fourth-order valence-corrected chi connectivity index (χ4v) is 2.25. The van der Waals surface area contributed by atoms with Crippen molar-refractivity contribution in [1.29, 1.82) is 0 Å². The molecule has 22 heavy (non-hydrogen) atoms. The van der Waals surface area contributed by atoms with Crippen LogP contribution in [0, 0.1) is 5.82 Å². The Kier molecular flexibility index (Phi) is 6.46. The molecule has 0 aromatic heterocycles. The molecule has 0 bridgehead atoms. The molecule has 1 rings (SSSR count). The summed E-state index contributed by atoms with van der Waals surface area (Å²) < 4.78 is 36.8. The number of carbonyl (C=O) groups excluding carboxylic acids is 1. The van der Waals surface area contributed by atoms with Crippen molar-refractivity contribution >= 4 is 15.9 Å². The summed E-state index contributed by atoms with van der Waals surface area (Å²) in [6, 6.07) is 5.96. The smallest absolute Gasteiger partial charge is 0.235 e. The predicted molar refractivity (Wildman–Crippen MR) is 83.3 cm³/mol. The molecule has 1 aromatic rings. The van der Waals surface area contributed by atoms with Gasteiger partial charge in [-0.2, -0.15) is 4.31 Å². The van der Waals surface area contributed by atoms with Gasteiger partial charge in [-0.15, -0.1) is 0 Å². The summed E-state index contributed by atoms with van der Waals surface area (Å²) in [6.45, 7) is 0.00895. The number of sulfonamides is 1. The number of hydrogen-bond acceptors (Lipinski definition) is 4. The maximum absolute atomic E-state index is 13.3. The summed E-state index contributed by atoms with van der Waals surface area (Å²) in [5.41, 5.74) is 0.738. The minimum Gasteiger partial charge on any atom is -0.353 e. The van der Waals surface area contributed by atoms with E-state index in [0.29, 0.717) is 0 Å². The van der Waals surface area contributed by atoms with Crippen molar-refractivity contribution in [1.82, 2.24) is 14.5 Å². The van der Waals surface area contributed by atoms with E-state index in [2.05, 4.69) is 5.32 Å². The van der Waals surface area contributed by atoms with Gasteiger partial charge in [0.05, 0.1) is 18.8 Å². The van der Waals surface area contributed by atoms with Gasteiger partial charge in [0.25, 0.3) is 0 Å². The maximum atomic E-state index is 13.3. The van der Waals surface area contributed by atoms with Crippen LogP contribution in [0.2, 0.25) is 0 Å². The van der Waals surface area contributed by atoms with Crippen molar-refractivity contribution < 1.29 is 17.6 Å². The first-order valence-electron chi connectivity index (χ1n) is 6.71. The highest BCUT2D eigenvalue weighted by atomic mass is 32.2. The third-order valence-corrected chi connectivity index (χ3v) is 4.54. The third-order valence-electron chi connectivity index (χ3n) is 3.28. The normalized spacial score (nSPS) is 13.4. The molecule has 124 valence electrons. The van der Waals surface area contributed by atoms with Crippen LogP contribution in [-0.2, 0) is 14.8 Å². The molecule has 0 saturated carbocycles. The second-order valence-electron chi connectivity index (χ2n) is 5.36. The zero-order valence-electron chi connectivity index (χ0n) is 13.2. The van der Waals surface area contributed by atoms with Gasteiger partial charge < -0.3 is 10.2 Å². The Morgan fingerprint density at radius 1 is 1.32 bits per heavy atom. The number of likely N-dealkylation sites (N-methyl/N-ethyl adjacent to an activating group) is 2. The van der Waals surface area contributed by atoms with E-state index in [1.54, 1.807) is 12.1 Å². The van der Waals surface area contributed by atoms with Gasteiger partial charge in [-0.1, -0.05) is 12.1 Å². The highest BCUT2D eigenvalue weighted by Gasteiger charge is 2.18. The van der Waals surface area contributed by atoms with Crippen molar-refractivity contribution in [2.24, 2.45) is 0 Å². The molecular formula is C14H22FN3O3S. The summed E-state index contributed by atoms with van der Waals surface area (Å²) in [6.07, 6.45) is 1.04. The van der Waals surface area contributed by atoms with E-state index in [1.165, 1.54) is 19.2 Å². The SMILES string of the molecule is CN(C)[C@H](CNC(=O)CN(C)S(C)(=O)=O)c1cccc(F)c1. The van der Waals surface area contributed by atoms with E-state index in [9.17, 15) is 17.6 Å². The second kappa shape index (κ2) is 7.66. The highest BCUT2D eigenvalue weighted by molar-refractivity contribution is 7.88. The molecule has 0 unspecified atom stereocenters. The van der Waals surface area contributed by atoms with Gasteiger partial charge in [-0.05, 0) is 31.8 Å². The lowest BCUT2D eigenvalue weighted by Crippen LogP contribution is -2.41. The zero-order valence-corrected chi connectivity index (χ0v) is 14.0. The average molecular weight is 331 g/mol. The molecule has 1 N–H and O–H groups in total. The summed E-state index contributed by atoms with van der Waals surface area (Å²) >= 11 is 0. The number of benzene rings is 1. The van der Waals surface area contributed by atoms with Crippen LogP contribution in [0.25, 0.3) is 0 Å².